The average Bonchev–Trinajstić information content (AvgIpc) is 3.25. The van der Waals surface area contributed by atoms with Gasteiger partial charge in [-0.1, -0.05) is 40.9 Å². The molecule has 0 saturated heterocycles. The van der Waals surface area contributed by atoms with Crippen molar-refractivity contribution >= 4 is 40.7 Å². The minimum absolute atomic E-state index is 0.238. The second-order valence-corrected chi connectivity index (χ2v) is 7.98. The zero-order valence-electron chi connectivity index (χ0n) is 16.4. The smallest absolute Gasteiger partial charge is 0.268 e. The fraction of sp³-hybridized carbons (Fsp3) is 0.0435. The molecular weight excluding hydrogens is 476 g/mol. The molecule has 5 nitrogen and oxygen atoms in total. The van der Waals surface area contributed by atoms with Gasteiger partial charge in [0.2, 0.25) is 0 Å². The van der Waals surface area contributed by atoms with Crippen LogP contribution in [-0.2, 0) is 6.54 Å². The molecule has 0 bridgehead atoms. The lowest BCUT2D eigenvalue weighted by atomic mass is 10.2. The molecule has 0 aliphatic rings. The first-order valence-electron chi connectivity index (χ1n) is 9.39. The minimum atomic E-state index is -0.352. The Hall–Kier alpha value is -3.06. The zero-order valence-corrected chi connectivity index (χ0v) is 18.6. The van der Waals surface area contributed by atoms with E-state index in [2.05, 4.69) is 10.3 Å². The van der Waals surface area contributed by atoms with E-state index in [1.54, 1.807) is 47.2 Å². The number of ether oxygens (including phenoxy) is 1. The van der Waals surface area contributed by atoms with Crippen LogP contribution in [0.25, 0.3) is 5.82 Å². The van der Waals surface area contributed by atoms with Crippen molar-refractivity contribution in [3.63, 3.8) is 0 Å². The van der Waals surface area contributed by atoms with Gasteiger partial charge in [0.25, 0.3) is 5.91 Å². The molecule has 0 radical (unpaired) electrons. The molecule has 9 heteroatoms. The van der Waals surface area contributed by atoms with E-state index < -0.39 is 0 Å². The van der Waals surface area contributed by atoms with Gasteiger partial charge >= 0.3 is 0 Å². The maximum atomic E-state index is 13.0. The summed E-state index contributed by atoms with van der Waals surface area (Å²) < 4.78 is 20.3. The Bertz CT molecular complexity index is 1280. The normalized spacial score (nSPS) is 10.8. The van der Waals surface area contributed by atoms with Gasteiger partial charge in [0.15, 0.2) is 5.82 Å². The van der Waals surface area contributed by atoms with Crippen molar-refractivity contribution in [1.82, 2.24) is 14.9 Å². The first kappa shape index (κ1) is 22.1. The molecule has 1 amide bonds. The fourth-order valence-electron chi connectivity index (χ4n) is 2.97. The largest absolute Gasteiger partial charge is 0.456 e. The maximum Gasteiger partial charge on any atom is 0.268 e. The van der Waals surface area contributed by atoms with Crippen molar-refractivity contribution in [2.24, 2.45) is 0 Å². The highest BCUT2D eigenvalue weighted by Gasteiger charge is 2.15. The van der Waals surface area contributed by atoms with E-state index in [0.29, 0.717) is 38.1 Å². The third kappa shape index (κ3) is 5.05. The van der Waals surface area contributed by atoms with Crippen molar-refractivity contribution < 1.29 is 13.9 Å². The Morgan fingerprint density at radius 1 is 1.03 bits per heavy atom. The van der Waals surface area contributed by atoms with Crippen LogP contribution in [0, 0.1) is 5.82 Å². The van der Waals surface area contributed by atoms with E-state index in [1.165, 1.54) is 30.5 Å². The van der Waals surface area contributed by atoms with Crippen LogP contribution in [0.4, 0.5) is 4.39 Å². The van der Waals surface area contributed by atoms with Gasteiger partial charge in [-0.05, 0) is 60.2 Å². The number of carbonyl (C=O) groups is 1. The zero-order chi connectivity index (χ0) is 22.7. The summed E-state index contributed by atoms with van der Waals surface area (Å²) in [6.45, 7) is 0.238. The number of benzene rings is 2. The number of hydrogen-bond acceptors (Lipinski definition) is 3. The highest BCUT2D eigenvalue weighted by Crippen LogP contribution is 2.30. The highest BCUT2D eigenvalue weighted by atomic mass is 35.5. The Kier molecular flexibility index (Phi) is 6.65. The van der Waals surface area contributed by atoms with Crippen LogP contribution >= 0.6 is 34.8 Å². The van der Waals surface area contributed by atoms with E-state index in [0.717, 1.165) is 5.56 Å². The molecule has 162 valence electrons. The van der Waals surface area contributed by atoms with E-state index in [-0.39, 0.29) is 18.3 Å². The summed E-state index contributed by atoms with van der Waals surface area (Å²) in [5.41, 5.74) is 1.14. The van der Waals surface area contributed by atoms with Crippen LogP contribution < -0.4 is 10.1 Å². The Morgan fingerprint density at radius 2 is 1.81 bits per heavy atom. The van der Waals surface area contributed by atoms with Gasteiger partial charge in [0.05, 0.1) is 15.1 Å². The lowest BCUT2D eigenvalue weighted by molar-refractivity contribution is 0.0944. The van der Waals surface area contributed by atoms with Crippen molar-refractivity contribution in [1.29, 1.82) is 0 Å². The quantitative estimate of drug-likeness (QED) is 0.327. The molecule has 0 aliphatic carbocycles. The van der Waals surface area contributed by atoms with E-state index >= 15 is 0 Å². The van der Waals surface area contributed by atoms with Gasteiger partial charge in [-0.25, -0.2) is 9.37 Å². The number of pyridine rings is 1. The number of amides is 1. The summed E-state index contributed by atoms with van der Waals surface area (Å²) in [7, 11) is 0. The highest BCUT2D eigenvalue weighted by molar-refractivity contribution is 6.35. The number of halogens is 4. The predicted molar refractivity (Wildman–Crippen MR) is 123 cm³/mol. The molecule has 0 spiro atoms. The number of aromatic nitrogens is 2. The van der Waals surface area contributed by atoms with Gasteiger partial charge in [0, 0.05) is 18.9 Å². The molecule has 2 aromatic carbocycles. The first-order valence-corrected chi connectivity index (χ1v) is 10.5. The molecule has 2 heterocycles. The Morgan fingerprint density at radius 3 is 2.53 bits per heavy atom. The van der Waals surface area contributed by atoms with Crippen LogP contribution in [0.2, 0.25) is 15.1 Å². The lowest BCUT2D eigenvalue weighted by Gasteiger charge is -2.12. The molecule has 4 aromatic rings. The second kappa shape index (κ2) is 9.61. The second-order valence-electron chi connectivity index (χ2n) is 6.73. The summed E-state index contributed by atoms with van der Waals surface area (Å²) >= 11 is 18.4. The van der Waals surface area contributed by atoms with E-state index in [9.17, 15) is 9.18 Å². The molecule has 0 fully saturated rings. The van der Waals surface area contributed by atoms with Gasteiger partial charge in [-0.15, -0.1) is 0 Å². The summed E-state index contributed by atoms with van der Waals surface area (Å²) in [4.78, 5) is 17.0. The number of nitrogens with zero attached hydrogens (tertiary/aromatic N) is 2. The molecule has 2 aromatic heterocycles. The minimum Gasteiger partial charge on any atom is -0.456 e. The van der Waals surface area contributed by atoms with Crippen LogP contribution in [0.15, 0.2) is 73.1 Å². The topological polar surface area (TPSA) is 56.1 Å². The van der Waals surface area contributed by atoms with Gasteiger partial charge in [-0.3, -0.25) is 9.36 Å². The maximum absolute atomic E-state index is 13.0. The molecule has 0 saturated carbocycles. The molecule has 32 heavy (non-hydrogen) atoms. The van der Waals surface area contributed by atoms with Crippen LogP contribution in [0.5, 0.6) is 11.5 Å². The van der Waals surface area contributed by atoms with E-state index in [4.69, 9.17) is 39.5 Å². The molecule has 0 unspecified atom stereocenters. The summed E-state index contributed by atoms with van der Waals surface area (Å²) in [6.07, 6.45) is 3.15. The SMILES string of the molecule is O=C(NCc1ccc(Oc2ccc(F)cc2)c(Cl)c1)c1cccn1-c1ncc(Cl)cc1Cl. The molecule has 1 N–H and O–H groups in total. The van der Waals surface area contributed by atoms with Gasteiger partial charge < -0.3 is 10.1 Å². The molecular formula is C23H15Cl3FN3O2. The Balaban J connectivity index is 1.44. The van der Waals surface area contributed by atoms with Crippen LogP contribution in [0.1, 0.15) is 16.1 Å². The third-order valence-corrected chi connectivity index (χ3v) is 5.27. The summed E-state index contributed by atoms with van der Waals surface area (Å²) in [5.74, 6) is 0.618. The molecule has 4 rings (SSSR count). The van der Waals surface area contributed by atoms with E-state index in [1.807, 2.05) is 0 Å². The Labute approximate surface area is 198 Å². The van der Waals surface area contributed by atoms with Gasteiger partial charge in [-0.2, -0.15) is 0 Å². The molecule has 0 atom stereocenters. The lowest BCUT2D eigenvalue weighted by Crippen LogP contribution is -2.25. The number of rotatable bonds is 6. The summed E-state index contributed by atoms with van der Waals surface area (Å²) in [5, 5.41) is 3.94. The first-order chi connectivity index (χ1) is 15.4. The molecule has 0 aliphatic heterocycles. The number of hydrogen-bond donors (Lipinski definition) is 1. The third-order valence-electron chi connectivity index (χ3n) is 4.49. The van der Waals surface area contributed by atoms with Crippen molar-refractivity contribution in [3.8, 4) is 17.3 Å². The predicted octanol–water partition coefficient (Wildman–Crippen LogP) is 6.69. The van der Waals surface area contributed by atoms with Crippen LogP contribution in [-0.4, -0.2) is 15.5 Å². The van der Waals surface area contributed by atoms with Crippen molar-refractivity contribution in [2.75, 3.05) is 0 Å². The van der Waals surface area contributed by atoms with Crippen LogP contribution in [0.3, 0.4) is 0 Å². The average molecular weight is 491 g/mol. The number of nitrogens with one attached hydrogen (secondary N) is 1. The fourth-order valence-corrected chi connectivity index (χ4v) is 3.69. The van der Waals surface area contributed by atoms with Crippen molar-refractivity contribution in [3.05, 3.63) is 105 Å². The standard InChI is InChI=1S/C23H15Cl3FN3O2/c24-15-11-19(26)22(28-13-15)30-9-1-2-20(30)23(31)29-12-14-3-8-21(18(25)10-14)32-17-6-4-16(27)5-7-17/h1-11,13H,12H2,(H,29,31). The van der Waals surface area contributed by atoms with Gasteiger partial charge in [0.1, 0.15) is 23.0 Å². The summed E-state index contributed by atoms with van der Waals surface area (Å²) in [6, 6.07) is 15.7. The monoisotopic (exact) mass is 489 g/mol. The number of carbonyl (C=O) groups excluding carboxylic acids is 1. The van der Waals surface area contributed by atoms with Crippen molar-refractivity contribution in [2.45, 2.75) is 6.54 Å².